The molecule has 0 spiro atoms. The fourth-order valence-electron chi connectivity index (χ4n) is 3.67. The fourth-order valence-corrected chi connectivity index (χ4v) is 4.37. The van der Waals surface area contributed by atoms with Crippen LogP contribution in [0.1, 0.15) is 42.0 Å². The molecule has 1 aromatic carbocycles. The first kappa shape index (κ1) is 13.8. The van der Waals surface area contributed by atoms with Gasteiger partial charge in [-0.25, -0.2) is 4.79 Å². The predicted molar refractivity (Wildman–Crippen MR) is 90.5 cm³/mol. The Hall–Kier alpha value is -1.81. The van der Waals surface area contributed by atoms with E-state index < -0.39 is 0 Å². The van der Waals surface area contributed by atoms with Gasteiger partial charge in [-0.05, 0) is 77.8 Å². The zero-order valence-electron chi connectivity index (χ0n) is 12.5. The average Bonchev–Trinajstić information content (AvgIpc) is 3.26. The Kier molecular flexibility index (Phi) is 3.62. The normalized spacial score (nSPS) is 20.2. The van der Waals surface area contributed by atoms with E-state index in [1.807, 2.05) is 11.0 Å². The fraction of sp³-hybridized carbons (Fsp3) is 0.389. The van der Waals surface area contributed by atoms with E-state index in [0.717, 1.165) is 31.5 Å². The summed E-state index contributed by atoms with van der Waals surface area (Å²) in [5.41, 5.74) is 5.04. The molecule has 2 amide bonds. The second-order valence-corrected chi connectivity index (χ2v) is 6.96. The number of fused-ring (bicyclic) bond motifs is 1. The zero-order chi connectivity index (χ0) is 14.9. The monoisotopic (exact) mass is 312 g/mol. The minimum atomic E-state index is 0.0339. The summed E-state index contributed by atoms with van der Waals surface area (Å²) in [6.45, 7) is 0.845. The summed E-state index contributed by atoms with van der Waals surface area (Å²) in [7, 11) is 0. The second-order valence-electron chi connectivity index (χ2n) is 6.18. The number of rotatable bonds is 2. The summed E-state index contributed by atoms with van der Waals surface area (Å²) in [5.74, 6) is 0. The number of aryl methyl sites for hydroxylation is 2. The predicted octanol–water partition coefficient (Wildman–Crippen LogP) is 4.61. The summed E-state index contributed by atoms with van der Waals surface area (Å²) in [4.78, 5) is 14.6. The minimum absolute atomic E-state index is 0.0339. The average molecular weight is 312 g/mol. The van der Waals surface area contributed by atoms with Crippen molar-refractivity contribution < 1.29 is 4.79 Å². The van der Waals surface area contributed by atoms with Crippen molar-refractivity contribution >= 4 is 23.1 Å². The molecular weight excluding hydrogens is 292 g/mol. The lowest BCUT2D eigenvalue weighted by molar-refractivity contribution is 0.207. The summed E-state index contributed by atoms with van der Waals surface area (Å²) in [6.07, 6.45) is 5.70. The largest absolute Gasteiger partial charge is 0.322 e. The Morgan fingerprint density at radius 2 is 2.09 bits per heavy atom. The summed E-state index contributed by atoms with van der Waals surface area (Å²) >= 11 is 1.70. The first-order valence-corrected chi connectivity index (χ1v) is 8.97. The van der Waals surface area contributed by atoms with E-state index in [1.54, 1.807) is 11.3 Å². The molecule has 1 N–H and O–H groups in total. The van der Waals surface area contributed by atoms with Crippen LogP contribution in [0.5, 0.6) is 0 Å². The van der Waals surface area contributed by atoms with Crippen molar-refractivity contribution in [3.63, 3.8) is 0 Å². The van der Waals surface area contributed by atoms with Crippen molar-refractivity contribution in [2.45, 2.75) is 38.1 Å². The van der Waals surface area contributed by atoms with Crippen molar-refractivity contribution in [2.75, 3.05) is 11.9 Å². The molecule has 22 heavy (non-hydrogen) atoms. The number of carbonyl (C=O) groups excluding carboxylic acids is 1. The number of urea groups is 1. The highest BCUT2D eigenvalue weighted by atomic mass is 32.1. The van der Waals surface area contributed by atoms with Crippen molar-refractivity contribution in [3.8, 4) is 0 Å². The molecule has 1 atom stereocenters. The van der Waals surface area contributed by atoms with Gasteiger partial charge in [0.05, 0.1) is 6.04 Å². The molecule has 3 nitrogen and oxygen atoms in total. The Labute approximate surface area is 135 Å². The van der Waals surface area contributed by atoms with E-state index >= 15 is 0 Å². The molecule has 0 saturated carbocycles. The van der Waals surface area contributed by atoms with Crippen molar-refractivity contribution in [1.29, 1.82) is 0 Å². The highest BCUT2D eigenvalue weighted by Gasteiger charge is 2.30. The molecule has 0 radical (unpaired) electrons. The van der Waals surface area contributed by atoms with Crippen LogP contribution >= 0.6 is 11.3 Å². The number of anilines is 1. The third-order valence-electron chi connectivity index (χ3n) is 4.79. The lowest BCUT2D eigenvalue weighted by Gasteiger charge is -2.24. The maximum Gasteiger partial charge on any atom is 0.322 e. The molecule has 1 aliphatic carbocycles. The highest BCUT2D eigenvalue weighted by Crippen LogP contribution is 2.33. The lowest BCUT2D eigenvalue weighted by Crippen LogP contribution is -2.34. The number of hydrogen-bond acceptors (Lipinski definition) is 2. The van der Waals surface area contributed by atoms with E-state index in [4.69, 9.17) is 0 Å². The third kappa shape index (κ3) is 2.52. The Bertz CT molecular complexity index is 680. The smallest absolute Gasteiger partial charge is 0.317 e. The molecule has 4 rings (SSSR count). The number of thiophene rings is 1. The van der Waals surface area contributed by atoms with Gasteiger partial charge in [-0.15, -0.1) is 0 Å². The Morgan fingerprint density at radius 1 is 1.18 bits per heavy atom. The van der Waals surface area contributed by atoms with Gasteiger partial charge in [0.15, 0.2) is 0 Å². The van der Waals surface area contributed by atoms with Crippen LogP contribution in [0.2, 0.25) is 0 Å². The first-order chi connectivity index (χ1) is 10.8. The molecule has 4 heteroatoms. The van der Waals surface area contributed by atoms with Crippen LogP contribution in [0.15, 0.2) is 35.0 Å². The summed E-state index contributed by atoms with van der Waals surface area (Å²) in [6, 6.07) is 8.76. The minimum Gasteiger partial charge on any atom is -0.317 e. The number of amides is 2. The topological polar surface area (TPSA) is 32.3 Å². The number of hydrogen-bond donors (Lipinski definition) is 1. The highest BCUT2D eigenvalue weighted by molar-refractivity contribution is 7.07. The van der Waals surface area contributed by atoms with Crippen LogP contribution in [-0.4, -0.2) is 17.5 Å². The zero-order valence-corrected chi connectivity index (χ0v) is 13.4. The maximum absolute atomic E-state index is 12.6. The molecule has 1 aliphatic heterocycles. The molecular formula is C18H20N2OS. The molecule has 2 aromatic rings. The van der Waals surface area contributed by atoms with Gasteiger partial charge < -0.3 is 10.2 Å². The van der Waals surface area contributed by atoms with E-state index in [1.165, 1.54) is 29.5 Å². The number of likely N-dealkylation sites (tertiary alicyclic amines) is 1. The Balaban J connectivity index is 1.49. The van der Waals surface area contributed by atoms with Gasteiger partial charge in [0.1, 0.15) is 0 Å². The van der Waals surface area contributed by atoms with E-state index in [0.29, 0.717) is 0 Å². The van der Waals surface area contributed by atoms with E-state index in [-0.39, 0.29) is 12.1 Å². The standard InChI is InChI=1S/C18H20N2OS/c21-18(19-16-7-6-13-3-1-4-14(13)11-16)20-9-2-5-17(20)15-8-10-22-12-15/h6-8,10-12,17H,1-5,9H2,(H,19,21). The molecule has 2 aliphatic rings. The van der Waals surface area contributed by atoms with Crippen molar-refractivity contribution in [3.05, 3.63) is 51.7 Å². The van der Waals surface area contributed by atoms with Gasteiger partial charge in [0.2, 0.25) is 0 Å². The molecule has 1 unspecified atom stereocenters. The van der Waals surface area contributed by atoms with Crippen molar-refractivity contribution in [1.82, 2.24) is 4.90 Å². The van der Waals surface area contributed by atoms with Crippen LogP contribution < -0.4 is 5.32 Å². The molecule has 2 heterocycles. The Morgan fingerprint density at radius 3 is 2.95 bits per heavy atom. The molecule has 1 fully saturated rings. The van der Waals surface area contributed by atoms with Crippen molar-refractivity contribution in [2.24, 2.45) is 0 Å². The van der Waals surface area contributed by atoms with Crippen LogP contribution in [0.3, 0.4) is 0 Å². The molecule has 1 aromatic heterocycles. The maximum atomic E-state index is 12.6. The van der Waals surface area contributed by atoms with Crippen LogP contribution in [0.4, 0.5) is 10.5 Å². The number of nitrogens with one attached hydrogen (secondary N) is 1. The second kappa shape index (κ2) is 5.76. The van der Waals surface area contributed by atoms with Gasteiger partial charge in [-0.1, -0.05) is 6.07 Å². The van der Waals surface area contributed by atoms with Crippen LogP contribution in [0.25, 0.3) is 0 Å². The number of carbonyl (C=O) groups is 1. The van der Waals surface area contributed by atoms with E-state index in [2.05, 4.69) is 34.3 Å². The molecule has 0 bridgehead atoms. The van der Waals surface area contributed by atoms with Gasteiger partial charge in [0, 0.05) is 12.2 Å². The quantitative estimate of drug-likeness (QED) is 0.863. The van der Waals surface area contributed by atoms with Gasteiger partial charge in [-0.2, -0.15) is 11.3 Å². The van der Waals surface area contributed by atoms with E-state index in [9.17, 15) is 4.79 Å². The number of benzene rings is 1. The molecule has 114 valence electrons. The SMILES string of the molecule is O=C(Nc1ccc2c(c1)CCC2)N1CCCC1c1ccsc1. The first-order valence-electron chi connectivity index (χ1n) is 8.03. The number of nitrogens with zero attached hydrogens (tertiary/aromatic N) is 1. The van der Waals surface area contributed by atoms with Gasteiger partial charge in [-0.3, -0.25) is 0 Å². The summed E-state index contributed by atoms with van der Waals surface area (Å²) < 4.78 is 0. The van der Waals surface area contributed by atoms with Gasteiger partial charge >= 0.3 is 6.03 Å². The lowest BCUT2D eigenvalue weighted by atomic mass is 10.1. The van der Waals surface area contributed by atoms with Crippen LogP contribution in [0, 0.1) is 0 Å². The summed E-state index contributed by atoms with van der Waals surface area (Å²) in [5, 5.41) is 7.34. The molecule has 1 saturated heterocycles. The van der Waals surface area contributed by atoms with Crippen LogP contribution in [-0.2, 0) is 12.8 Å². The van der Waals surface area contributed by atoms with Gasteiger partial charge in [0.25, 0.3) is 0 Å². The third-order valence-corrected chi connectivity index (χ3v) is 5.49.